The lowest BCUT2D eigenvalue weighted by Gasteiger charge is -2.08. The van der Waals surface area contributed by atoms with E-state index in [1.165, 1.54) is 17.0 Å². The molecule has 6 heteroatoms. The maximum absolute atomic E-state index is 12.0. The van der Waals surface area contributed by atoms with Crippen LogP contribution < -0.4 is 5.73 Å². The molecule has 0 radical (unpaired) electrons. The number of rotatable bonds is 4. The number of aryl methyl sites for hydroxylation is 1. The minimum Gasteiger partial charge on any atom is -0.335 e. The van der Waals surface area contributed by atoms with Crippen LogP contribution in [0.4, 0.5) is 13.2 Å². The van der Waals surface area contributed by atoms with E-state index in [0.717, 1.165) is 0 Å². The predicted molar refractivity (Wildman–Crippen MR) is 45.7 cm³/mol. The highest BCUT2D eigenvalue weighted by Crippen LogP contribution is 2.20. The Labute approximate surface area is 79.7 Å². The smallest absolute Gasteiger partial charge is 0.335 e. The van der Waals surface area contributed by atoms with Gasteiger partial charge in [-0.3, -0.25) is 0 Å². The SMILES string of the molecule is NCCCn1ccnc1CC(F)(F)F. The van der Waals surface area contributed by atoms with Crippen LogP contribution in [0.5, 0.6) is 0 Å². The fourth-order valence-corrected chi connectivity index (χ4v) is 1.15. The van der Waals surface area contributed by atoms with Gasteiger partial charge in [0.25, 0.3) is 0 Å². The first-order valence-corrected chi connectivity index (χ1v) is 4.30. The molecular weight excluding hydrogens is 195 g/mol. The van der Waals surface area contributed by atoms with Crippen LogP contribution in [-0.4, -0.2) is 22.3 Å². The Balaban J connectivity index is 2.63. The number of alkyl halides is 3. The molecule has 0 unspecified atom stereocenters. The van der Waals surface area contributed by atoms with Crippen molar-refractivity contribution in [2.75, 3.05) is 6.54 Å². The molecule has 0 spiro atoms. The second-order valence-corrected chi connectivity index (χ2v) is 2.97. The third-order valence-electron chi connectivity index (χ3n) is 1.76. The summed E-state index contributed by atoms with van der Waals surface area (Å²) in [5.74, 6) is 0.0472. The van der Waals surface area contributed by atoms with Crippen LogP contribution in [0.25, 0.3) is 0 Å². The van der Waals surface area contributed by atoms with E-state index in [9.17, 15) is 13.2 Å². The first-order chi connectivity index (χ1) is 6.53. The van der Waals surface area contributed by atoms with Crippen molar-refractivity contribution in [3.63, 3.8) is 0 Å². The summed E-state index contributed by atoms with van der Waals surface area (Å²) in [6.07, 6.45) is -1.62. The monoisotopic (exact) mass is 207 g/mol. The predicted octanol–water partition coefficient (Wildman–Crippen LogP) is 1.34. The minimum atomic E-state index is -4.20. The summed E-state index contributed by atoms with van der Waals surface area (Å²) >= 11 is 0. The maximum Gasteiger partial charge on any atom is 0.396 e. The van der Waals surface area contributed by atoms with E-state index < -0.39 is 12.6 Å². The molecule has 2 N–H and O–H groups in total. The molecule has 0 fully saturated rings. The Bertz CT molecular complexity index is 280. The lowest BCUT2D eigenvalue weighted by Crippen LogP contribution is -2.17. The van der Waals surface area contributed by atoms with Crippen LogP contribution in [-0.2, 0) is 13.0 Å². The summed E-state index contributed by atoms with van der Waals surface area (Å²) in [4.78, 5) is 3.66. The second-order valence-electron chi connectivity index (χ2n) is 2.97. The molecule has 0 saturated carbocycles. The largest absolute Gasteiger partial charge is 0.396 e. The molecule has 0 bridgehead atoms. The van der Waals surface area contributed by atoms with Gasteiger partial charge in [-0.25, -0.2) is 4.98 Å². The van der Waals surface area contributed by atoms with E-state index in [2.05, 4.69) is 4.98 Å². The van der Waals surface area contributed by atoms with Gasteiger partial charge >= 0.3 is 6.18 Å². The normalized spacial score (nSPS) is 12.0. The van der Waals surface area contributed by atoms with Crippen molar-refractivity contribution in [2.24, 2.45) is 5.73 Å². The molecule has 0 aromatic carbocycles. The maximum atomic E-state index is 12.0. The van der Waals surface area contributed by atoms with Gasteiger partial charge in [-0.05, 0) is 13.0 Å². The Morgan fingerprint density at radius 2 is 2.14 bits per heavy atom. The van der Waals surface area contributed by atoms with Gasteiger partial charge in [0.15, 0.2) is 0 Å². The Kier molecular flexibility index (Phi) is 3.51. The van der Waals surface area contributed by atoms with Crippen molar-refractivity contribution in [3.05, 3.63) is 18.2 Å². The molecule has 0 amide bonds. The zero-order chi connectivity index (χ0) is 10.6. The molecule has 1 aromatic heterocycles. The Morgan fingerprint density at radius 1 is 1.43 bits per heavy atom. The third-order valence-corrected chi connectivity index (χ3v) is 1.76. The van der Waals surface area contributed by atoms with Crippen LogP contribution >= 0.6 is 0 Å². The van der Waals surface area contributed by atoms with Gasteiger partial charge in [-0.1, -0.05) is 0 Å². The summed E-state index contributed by atoms with van der Waals surface area (Å²) in [5, 5.41) is 0. The highest BCUT2D eigenvalue weighted by atomic mass is 19.4. The number of hydrogen-bond acceptors (Lipinski definition) is 2. The van der Waals surface area contributed by atoms with Crippen molar-refractivity contribution >= 4 is 0 Å². The van der Waals surface area contributed by atoms with Gasteiger partial charge in [0.2, 0.25) is 0 Å². The third kappa shape index (κ3) is 3.37. The molecule has 0 aliphatic carbocycles. The van der Waals surface area contributed by atoms with Crippen molar-refractivity contribution in [3.8, 4) is 0 Å². The molecule has 80 valence electrons. The topological polar surface area (TPSA) is 43.8 Å². The number of imidazole rings is 1. The number of aromatic nitrogens is 2. The second kappa shape index (κ2) is 4.45. The van der Waals surface area contributed by atoms with E-state index in [0.29, 0.717) is 19.5 Å². The van der Waals surface area contributed by atoms with Crippen LogP contribution in [0.1, 0.15) is 12.2 Å². The van der Waals surface area contributed by atoms with Gasteiger partial charge in [-0.2, -0.15) is 13.2 Å². The van der Waals surface area contributed by atoms with Gasteiger partial charge in [0.05, 0.1) is 0 Å². The number of halogens is 3. The average Bonchev–Trinajstić information content (AvgIpc) is 2.45. The minimum absolute atomic E-state index is 0.0472. The molecule has 3 nitrogen and oxygen atoms in total. The summed E-state index contributed by atoms with van der Waals surface area (Å²) < 4.78 is 37.6. The van der Waals surface area contributed by atoms with Crippen molar-refractivity contribution in [2.45, 2.75) is 25.6 Å². The van der Waals surface area contributed by atoms with E-state index in [-0.39, 0.29) is 5.82 Å². The summed E-state index contributed by atoms with van der Waals surface area (Å²) in [6, 6.07) is 0. The summed E-state index contributed by atoms with van der Waals surface area (Å²) in [6.45, 7) is 0.950. The van der Waals surface area contributed by atoms with Gasteiger partial charge in [0.1, 0.15) is 12.2 Å². The quantitative estimate of drug-likeness (QED) is 0.809. The van der Waals surface area contributed by atoms with Gasteiger partial charge in [0, 0.05) is 18.9 Å². The Morgan fingerprint density at radius 3 is 2.71 bits per heavy atom. The molecule has 1 heterocycles. The molecule has 0 aliphatic heterocycles. The lowest BCUT2D eigenvalue weighted by molar-refractivity contribution is -0.129. The first kappa shape index (κ1) is 11.0. The summed E-state index contributed by atoms with van der Waals surface area (Å²) in [7, 11) is 0. The van der Waals surface area contributed by atoms with Crippen molar-refractivity contribution in [1.29, 1.82) is 0 Å². The molecule has 1 aromatic rings. The van der Waals surface area contributed by atoms with Crippen molar-refractivity contribution < 1.29 is 13.2 Å². The molecule has 0 aliphatic rings. The van der Waals surface area contributed by atoms with Crippen LogP contribution in [0, 0.1) is 0 Å². The van der Waals surface area contributed by atoms with Gasteiger partial charge in [-0.15, -0.1) is 0 Å². The fourth-order valence-electron chi connectivity index (χ4n) is 1.15. The van der Waals surface area contributed by atoms with Crippen molar-refractivity contribution in [1.82, 2.24) is 9.55 Å². The zero-order valence-corrected chi connectivity index (χ0v) is 7.59. The summed E-state index contributed by atoms with van der Waals surface area (Å²) in [5.41, 5.74) is 5.27. The lowest BCUT2D eigenvalue weighted by atomic mass is 10.3. The van der Waals surface area contributed by atoms with Gasteiger partial charge < -0.3 is 10.3 Å². The van der Waals surface area contributed by atoms with Crippen LogP contribution in [0.3, 0.4) is 0 Å². The zero-order valence-electron chi connectivity index (χ0n) is 7.59. The number of nitrogens with two attached hydrogens (primary N) is 1. The van der Waals surface area contributed by atoms with Crippen LogP contribution in [0.2, 0.25) is 0 Å². The molecule has 1 rings (SSSR count). The number of nitrogens with zero attached hydrogens (tertiary/aromatic N) is 2. The number of hydrogen-bond donors (Lipinski definition) is 1. The molecular formula is C8H12F3N3. The average molecular weight is 207 g/mol. The molecule has 0 atom stereocenters. The highest BCUT2D eigenvalue weighted by molar-refractivity contribution is 4.94. The molecule has 14 heavy (non-hydrogen) atoms. The van der Waals surface area contributed by atoms with E-state index in [4.69, 9.17) is 5.73 Å². The van der Waals surface area contributed by atoms with E-state index in [1.54, 1.807) is 0 Å². The van der Waals surface area contributed by atoms with E-state index >= 15 is 0 Å². The van der Waals surface area contributed by atoms with E-state index in [1.807, 2.05) is 0 Å². The Hall–Kier alpha value is -1.04. The fraction of sp³-hybridized carbons (Fsp3) is 0.625. The standard InChI is InChI=1S/C8H12F3N3/c9-8(10,11)6-7-13-3-5-14(7)4-1-2-12/h3,5H,1-2,4,6,12H2. The van der Waals surface area contributed by atoms with Crippen LogP contribution in [0.15, 0.2) is 12.4 Å². The highest BCUT2D eigenvalue weighted by Gasteiger charge is 2.29. The first-order valence-electron chi connectivity index (χ1n) is 4.30. The molecule has 0 saturated heterocycles.